The van der Waals surface area contributed by atoms with E-state index in [-0.39, 0.29) is 5.56 Å². The van der Waals surface area contributed by atoms with Gasteiger partial charge in [0, 0.05) is 17.7 Å². The molecule has 1 aliphatic rings. The first kappa shape index (κ1) is 20.7. The lowest BCUT2D eigenvalue weighted by atomic mass is 10.1. The van der Waals surface area contributed by atoms with E-state index in [9.17, 15) is 18.0 Å². The molecule has 0 amide bonds. The lowest BCUT2D eigenvalue weighted by Gasteiger charge is -2.14. The van der Waals surface area contributed by atoms with E-state index < -0.39 is 27.9 Å². The molecule has 1 heterocycles. The SMILES string of the molecule is CC(OC(=O)c1ccc2c(c1)OCCCO2)C(=O)c1ccc(NS(C)(=O)=O)cc1. The molecule has 0 saturated carbocycles. The molecule has 0 aromatic heterocycles. The highest BCUT2D eigenvalue weighted by atomic mass is 32.2. The van der Waals surface area contributed by atoms with Gasteiger partial charge in [-0.15, -0.1) is 0 Å². The van der Waals surface area contributed by atoms with Crippen LogP contribution in [0.1, 0.15) is 34.1 Å². The summed E-state index contributed by atoms with van der Waals surface area (Å²) >= 11 is 0. The number of nitrogens with one attached hydrogen (secondary N) is 1. The van der Waals surface area contributed by atoms with Crippen LogP contribution in [0.4, 0.5) is 5.69 Å². The lowest BCUT2D eigenvalue weighted by molar-refractivity contribution is 0.0318. The summed E-state index contributed by atoms with van der Waals surface area (Å²) in [5.74, 6) is -0.0358. The van der Waals surface area contributed by atoms with E-state index in [0.717, 1.165) is 12.7 Å². The average molecular weight is 419 g/mol. The van der Waals surface area contributed by atoms with Gasteiger partial charge in [0.2, 0.25) is 15.8 Å². The minimum atomic E-state index is -3.41. The largest absolute Gasteiger partial charge is 0.490 e. The Morgan fingerprint density at radius 3 is 2.28 bits per heavy atom. The molecule has 0 aliphatic carbocycles. The summed E-state index contributed by atoms with van der Waals surface area (Å²) in [6.45, 7) is 2.51. The number of hydrogen-bond donors (Lipinski definition) is 1. The van der Waals surface area contributed by atoms with Crippen molar-refractivity contribution in [2.75, 3.05) is 24.2 Å². The maximum Gasteiger partial charge on any atom is 0.338 e. The zero-order valence-electron chi connectivity index (χ0n) is 16.0. The van der Waals surface area contributed by atoms with Crippen molar-refractivity contribution >= 4 is 27.5 Å². The summed E-state index contributed by atoms with van der Waals surface area (Å²) in [6.07, 6.45) is 0.762. The number of esters is 1. The third-order valence-corrected chi connectivity index (χ3v) is 4.72. The van der Waals surface area contributed by atoms with Crippen LogP contribution in [0.3, 0.4) is 0 Å². The number of anilines is 1. The molecule has 1 unspecified atom stereocenters. The van der Waals surface area contributed by atoms with Crippen molar-refractivity contribution in [3.8, 4) is 11.5 Å². The van der Waals surface area contributed by atoms with E-state index >= 15 is 0 Å². The maximum absolute atomic E-state index is 12.5. The van der Waals surface area contributed by atoms with Gasteiger partial charge >= 0.3 is 5.97 Å². The molecule has 9 heteroatoms. The van der Waals surface area contributed by atoms with Crippen LogP contribution in [-0.2, 0) is 14.8 Å². The molecule has 0 bridgehead atoms. The first-order valence-electron chi connectivity index (χ1n) is 8.95. The fraction of sp³-hybridized carbons (Fsp3) is 0.300. The predicted octanol–water partition coefficient (Wildman–Crippen LogP) is 2.65. The third-order valence-electron chi connectivity index (χ3n) is 4.11. The van der Waals surface area contributed by atoms with Gasteiger partial charge < -0.3 is 14.2 Å². The van der Waals surface area contributed by atoms with Crippen LogP contribution in [0.15, 0.2) is 42.5 Å². The van der Waals surface area contributed by atoms with Crippen LogP contribution in [0.2, 0.25) is 0 Å². The van der Waals surface area contributed by atoms with Crippen LogP contribution in [0.25, 0.3) is 0 Å². The predicted molar refractivity (Wildman–Crippen MR) is 106 cm³/mol. The Bertz CT molecular complexity index is 1020. The molecule has 0 fully saturated rings. The van der Waals surface area contributed by atoms with E-state index in [1.165, 1.54) is 37.3 Å². The zero-order valence-corrected chi connectivity index (χ0v) is 16.8. The topological polar surface area (TPSA) is 108 Å². The molecule has 1 aliphatic heterocycles. The van der Waals surface area contributed by atoms with Crippen LogP contribution >= 0.6 is 0 Å². The van der Waals surface area contributed by atoms with Crippen molar-refractivity contribution < 1.29 is 32.2 Å². The summed E-state index contributed by atoms with van der Waals surface area (Å²) in [7, 11) is -3.41. The Morgan fingerprint density at radius 2 is 1.62 bits per heavy atom. The second-order valence-electron chi connectivity index (χ2n) is 6.58. The number of carbonyl (C=O) groups is 2. The summed E-state index contributed by atoms with van der Waals surface area (Å²) in [5.41, 5.74) is 0.880. The van der Waals surface area contributed by atoms with E-state index in [2.05, 4.69) is 4.72 Å². The number of Topliss-reactive ketones (excluding diaryl/α,β-unsaturated/α-hetero) is 1. The molecule has 2 aromatic carbocycles. The zero-order chi connectivity index (χ0) is 21.0. The normalized spacial score (nSPS) is 14.4. The summed E-state index contributed by atoms with van der Waals surface area (Å²) in [4.78, 5) is 25.0. The number of ketones is 1. The van der Waals surface area contributed by atoms with E-state index in [4.69, 9.17) is 14.2 Å². The van der Waals surface area contributed by atoms with Gasteiger partial charge in [-0.05, 0) is 49.4 Å². The number of benzene rings is 2. The van der Waals surface area contributed by atoms with Crippen molar-refractivity contribution in [3.63, 3.8) is 0 Å². The molecule has 29 heavy (non-hydrogen) atoms. The summed E-state index contributed by atoms with van der Waals surface area (Å²) in [5, 5.41) is 0. The average Bonchev–Trinajstić information content (AvgIpc) is 2.91. The van der Waals surface area contributed by atoms with Crippen molar-refractivity contribution in [2.24, 2.45) is 0 Å². The summed E-state index contributed by atoms with van der Waals surface area (Å²) < 4.78 is 41.2. The van der Waals surface area contributed by atoms with Gasteiger partial charge in [0.15, 0.2) is 17.6 Å². The molecule has 1 N–H and O–H groups in total. The van der Waals surface area contributed by atoms with Gasteiger partial charge in [0.05, 0.1) is 25.0 Å². The first-order valence-corrected chi connectivity index (χ1v) is 10.8. The highest BCUT2D eigenvalue weighted by Crippen LogP contribution is 2.30. The number of carbonyl (C=O) groups excluding carboxylic acids is 2. The van der Waals surface area contributed by atoms with E-state index in [1.54, 1.807) is 12.1 Å². The van der Waals surface area contributed by atoms with Crippen LogP contribution in [-0.4, -0.2) is 45.7 Å². The number of ether oxygens (including phenoxy) is 3. The van der Waals surface area contributed by atoms with Crippen LogP contribution in [0.5, 0.6) is 11.5 Å². The highest BCUT2D eigenvalue weighted by Gasteiger charge is 2.22. The quantitative estimate of drug-likeness (QED) is 0.566. The molecule has 0 radical (unpaired) electrons. The van der Waals surface area contributed by atoms with Crippen molar-refractivity contribution in [1.29, 1.82) is 0 Å². The first-order chi connectivity index (χ1) is 13.7. The van der Waals surface area contributed by atoms with Gasteiger partial charge in [-0.2, -0.15) is 0 Å². The standard InChI is InChI=1S/C20H21NO7S/c1-13(19(22)14-4-7-16(8-5-14)21-29(2,24)25)28-20(23)15-6-9-17-18(12-15)27-11-3-10-26-17/h4-9,12-13,21H,3,10-11H2,1-2H3. The molecular formula is C20H21NO7S. The molecule has 0 saturated heterocycles. The second-order valence-corrected chi connectivity index (χ2v) is 8.32. The van der Waals surface area contributed by atoms with Crippen molar-refractivity contribution in [3.05, 3.63) is 53.6 Å². The number of hydrogen-bond acceptors (Lipinski definition) is 7. The fourth-order valence-corrected chi connectivity index (χ4v) is 3.29. The molecule has 3 rings (SSSR count). The van der Waals surface area contributed by atoms with Gasteiger partial charge in [-0.1, -0.05) is 0 Å². The van der Waals surface area contributed by atoms with Crippen LogP contribution in [0, 0.1) is 0 Å². The summed E-state index contributed by atoms with van der Waals surface area (Å²) in [6, 6.07) is 10.6. The van der Waals surface area contributed by atoms with E-state index in [1.807, 2.05) is 0 Å². The molecule has 154 valence electrons. The highest BCUT2D eigenvalue weighted by molar-refractivity contribution is 7.92. The number of rotatable bonds is 6. The Labute approximate surface area is 168 Å². The van der Waals surface area contributed by atoms with Crippen molar-refractivity contribution in [1.82, 2.24) is 0 Å². The molecule has 8 nitrogen and oxygen atoms in total. The van der Waals surface area contributed by atoms with Gasteiger partial charge in [0.1, 0.15) is 0 Å². The Morgan fingerprint density at radius 1 is 1.00 bits per heavy atom. The van der Waals surface area contributed by atoms with Gasteiger partial charge in [0.25, 0.3) is 0 Å². The second kappa shape index (κ2) is 8.52. The van der Waals surface area contributed by atoms with E-state index in [0.29, 0.717) is 36.0 Å². The monoisotopic (exact) mass is 419 g/mol. The minimum absolute atomic E-state index is 0.251. The fourth-order valence-electron chi connectivity index (χ4n) is 2.72. The Hall–Kier alpha value is -3.07. The lowest BCUT2D eigenvalue weighted by Crippen LogP contribution is -2.24. The Kier molecular flexibility index (Phi) is 6.07. The van der Waals surface area contributed by atoms with Crippen molar-refractivity contribution in [2.45, 2.75) is 19.4 Å². The Balaban J connectivity index is 1.66. The number of fused-ring (bicyclic) bond motifs is 1. The molecule has 1 atom stereocenters. The van der Waals surface area contributed by atoms with Gasteiger partial charge in [-0.25, -0.2) is 13.2 Å². The molecule has 2 aromatic rings. The van der Waals surface area contributed by atoms with Crippen LogP contribution < -0.4 is 14.2 Å². The maximum atomic E-state index is 12.5. The van der Waals surface area contributed by atoms with Gasteiger partial charge in [-0.3, -0.25) is 9.52 Å². The number of sulfonamides is 1. The smallest absolute Gasteiger partial charge is 0.338 e. The molecule has 0 spiro atoms. The third kappa shape index (κ3) is 5.47. The molecular weight excluding hydrogens is 398 g/mol. The minimum Gasteiger partial charge on any atom is -0.490 e.